The molecule has 0 unspecified atom stereocenters. The summed E-state index contributed by atoms with van der Waals surface area (Å²) >= 11 is 4.88. The zero-order valence-electron chi connectivity index (χ0n) is 15.9. The fraction of sp³-hybridized carbons (Fsp3) is 0.474. The van der Waals surface area contributed by atoms with Gasteiger partial charge < -0.3 is 4.52 Å². The van der Waals surface area contributed by atoms with Gasteiger partial charge in [-0.3, -0.25) is 9.36 Å². The molecule has 6 nitrogen and oxygen atoms in total. The van der Waals surface area contributed by atoms with E-state index in [0.717, 1.165) is 16.7 Å². The van der Waals surface area contributed by atoms with Crippen LogP contribution in [0.15, 0.2) is 37.1 Å². The summed E-state index contributed by atoms with van der Waals surface area (Å²) in [5, 5.41) is 5.31. The highest BCUT2D eigenvalue weighted by molar-refractivity contribution is 9.10. The standard InChI is InChI=1S/C19H23BrN4O2S/c1-11(2)7-16-22-17(26-23-16)10-27-19-21-15-6-5-13(20)8-14(15)18(25)24(19)9-12(3)4/h5-6,8,11-12H,7,9-10H2,1-4H3. The van der Waals surface area contributed by atoms with Crippen LogP contribution < -0.4 is 5.56 Å². The van der Waals surface area contributed by atoms with Gasteiger partial charge in [-0.15, -0.1) is 0 Å². The summed E-state index contributed by atoms with van der Waals surface area (Å²) in [6, 6.07) is 5.58. The highest BCUT2D eigenvalue weighted by Gasteiger charge is 2.15. The van der Waals surface area contributed by atoms with Crippen LogP contribution in [0.4, 0.5) is 0 Å². The number of rotatable bonds is 7. The third-order valence-corrected chi connectivity index (χ3v) is 5.31. The molecule has 3 rings (SSSR count). The summed E-state index contributed by atoms with van der Waals surface area (Å²) in [5.74, 6) is 2.56. The lowest BCUT2D eigenvalue weighted by Crippen LogP contribution is -2.25. The fourth-order valence-corrected chi connectivity index (χ4v) is 3.94. The van der Waals surface area contributed by atoms with Crippen molar-refractivity contribution in [2.45, 2.75) is 51.6 Å². The van der Waals surface area contributed by atoms with Crippen LogP contribution in [-0.2, 0) is 18.7 Å². The first-order valence-corrected chi connectivity index (χ1v) is 10.8. The lowest BCUT2D eigenvalue weighted by atomic mass is 10.1. The van der Waals surface area contributed by atoms with Gasteiger partial charge in [0.1, 0.15) is 0 Å². The van der Waals surface area contributed by atoms with E-state index in [0.29, 0.717) is 46.1 Å². The van der Waals surface area contributed by atoms with Crippen molar-refractivity contribution in [1.29, 1.82) is 0 Å². The van der Waals surface area contributed by atoms with Crippen LogP contribution in [0.2, 0.25) is 0 Å². The molecule has 0 N–H and O–H groups in total. The van der Waals surface area contributed by atoms with Crippen molar-refractivity contribution < 1.29 is 4.52 Å². The summed E-state index contributed by atoms with van der Waals surface area (Å²) in [5.41, 5.74) is 0.667. The first-order valence-electron chi connectivity index (χ1n) is 8.98. The van der Waals surface area contributed by atoms with Gasteiger partial charge in [-0.1, -0.05) is 60.5 Å². The van der Waals surface area contributed by atoms with Gasteiger partial charge in [0.05, 0.1) is 16.7 Å². The number of hydrogen-bond donors (Lipinski definition) is 0. The van der Waals surface area contributed by atoms with E-state index in [2.05, 4.69) is 53.8 Å². The second kappa shape index (κ2) is 8.56. The molecule has 0 aliphatic heterocycles. The molecule has 0 bridgehead atoms. The predicted molar refractivity (Wildman–Crippen MR) is 111 cm³/mol. The molecular weight excluding hydrogens is 428 g/mol. The predicted octanol–water partition coefficient (Wildman–Crippen LogP) is 4.69. The van der Waals surface area contributed by atoms with Crippen molar-refractivity contribution >= 4 is 38.6 Å². The highest BCUT2D eigenvalue weighted by atomic mass is 79.9. The molecule has 144 valence electrons. The molecule has 0 saturated carbocycles. The van der Waals surface area contributed by atoms with Crippen LogP contribution in [0, 0.1) is 11.8 Å². The minimum Gasteiger partial charge on any atom is -0.338 e. The van der Waals surface area contributed by atoms with Gasteiger partial charge in [-0.2, -0.15) is 4.98 Å². The second-order valence-electron chi connectivity index (χ2n) is 7.36. The number of aromatic nitrogens is 4. The van der Waals surface area contributed by atoms with Crippen LogP contribution in [-0.4, -0.2) is 19.7 Å². The first-order chi connectivity index (χ1) is 12.8. The zero-order valence-corrected chi connectivity index (χ0v) is 18.3. The van der Waals surface area contributed by atoms with Crippen LogP contribution in [0.25, 0.3) is 10.9 Å². The number of nitrogens with zero attached hydrogens (tertiary/aromatic N) is 4. The number of fused-ring (bicyclic) bond motifs is 1. The average Bonchev–Trinajstić information content (AvgIpc) is 3.03. The van der Waals surface area contributed by atoms with Crippen molar-refractivity contribution in [3.8, 4) is 0 Å². The Morgan fingerprint density at radius 2 is 1.96 bits per heavy atom. The van der Waals surface area contributed by atoms with Gasteiger partial charge in [0.2, 0.25) is 5.89 Å². The number of halogens is 1. The largest absolute Gasteiger partial charge is 0.338 e. The topological polar surface area (TPSA) is 73.8 Å². The van der Waals surface area contributed by atoms with Crippen LogP contribution >= 0.6 is 27.7 Å². The molecule has 0 saturated heterocycles. The van der Waals surface area contributed by atoms with Crippen LogP contribution in [0.3, 0.4) is 0 Å². The Morgan fingerprint density at radius 1 is 1.19 bits per heavy atom. The van der Waals surface area contributed by atoms with E-state index in [1.165, 1.54) is 11.8 Å². The molecule has 0 spiro atoms. The SMILES string of the molecule is CC(C)Cc1noc(CSc2nc3ccc(Br)cc3c(=O)n2CC(C)C)n1. The number of thioether (sulfide) groups is 1. The molecule has 0 atom stereocenters. The van der Waals surface area contributed by atoms with E-state index in [1.807, 2.05) is 18.2 Å². The molecule has 1 aromatic carbocycles. The first kappa shape index (κ1) is 20.1. The van der Waals surface area contributed by atoms with E-state index in [1.54, 1.807) is 4.57 Å². The monoisotopic (exact) mass is 450 g/mol. The Hall–Kier alpha value is -1.67. The minimum absolute atomic E-state index is 0.0245. The summed E-state index contributed by atoms with van der Waals surface area (Å²) in [7, 11) is 0. The van der Waals surface area contributed by atoms with E-state index < -0.39 is 0 Å². The van der Waals surface area contributed by atoms with Gasteiger partial charge >= 0.3 is 0 Å². The van der Waals surface area contributed by atoms with Crippen molar-refractivity contribution in [3.05, 3.63) is 44.7 Å². The normalized spacial score (nSPS) is 11.8. The summed E-state index contributed by atoms with van der Waals surface area (Å²) < 4.78 is 7.95. The van der Waals surface area contributed by atoms with E-state index in [9.17, 15) is 4.79 Å². The van der Waals surface area contributed by atoms with Crippen LogP contribution in [0.5, 0.6) is 0 Å². The van der Waals surface area contributed by atoms with Gasteiger partial charge in [-0.25, -0.2) is 4.98 Å². The third kappa shape index (κ3) is 4.99. The Balaban J connectivity index is 1.91. The van der Waals surface area contributed by atoms with Crippen molar-refractivity contribution in [3.63, 3.8) is 0 Å². The Bertz CT molecular complexity index is 997. The Labute approximate surface area is 170 Å². The molecule has 0 fully saturated rings. The molecule has 2 aromatic heterocycles. The zero-order chi connectivity index (χ0) is 19.6. The van der Waals surface area contributed by atoms with E-state index in [4.69, 9.17) is 9.51 Å². The lowest BCUT2D eigenvalue weighted by Gasteiger charge is -2.14. The molecule has 0 radical (unpaired) electrons. The smallest absolute Gasteiger partial charge is 0.262 e. The van der Waals surface area contributed by atoms with Crippen LogP contribution in [0.1, 0.15) is 39.4 Å². The molecule has 3 aromatic rings. The van der Waals surface area contributed by atoms with E-state index >= 15 is 0 Å². The number of benzene rings is 1. The third-order valence-electron chi connectivity index (χ3n) is 3.85. The minimum atomic E-state index is -0.0245. The maximum Gasteiger partial charge on any atom is 0.262 e. The molecular formula is C19H23BrN4O2S. The van der Waals surface area contributed by atoms with Crippen molar-refractivity contribution in [1.82, 2.24) is 19.7 Å². The molecule has 27 heavy (non-hydrogen) atoms. The molecule has 0 amide bonds. The second-order valence-corrected chi connectivity index (χ2v) is 9.21. The highest BCUT2D eigenvalue weighted by Crippen LogP contribution is 2.24. The maximum atomic E-state index is 13.0. The summed E-state index contributed by atoms with van der Waals surface area (Å²) in [6.45, 7) is 9.02. The number of hydrogen-bond acceptors (Lipinski definition) is 6. The van der Waals surface area contributed by atoms with Gasteiger partial charge in [-0.05, 0) is 30.0 Å². The Morgan fingerprint density at radius 3 is 2.67 bits per heavy atom. The molecule has 8 heteroatoms. The van der Waals surface area contributed by atoms with Gasteiger partial charge in [0, 0.05) is 17.4 Å². The quantitative estimate of drug-likeness (QED) is 0.383. The fourth-order valence-electron chi connectivity index (χ4n) is 2.73. The Kier molecular flexibility index (Phi) is 6.37. The summed E-state index contributed by atoms with van der Waals surface area (Å²) in [6.07, 6.45) is 0.787. The lowest BCUT2D eigenvalue weighted by molar-refractivity contribution is 0.382. The van der Waals surface area contributed by atoms with Crippen molar-refractivity contribution in [2.75, 3.05) is 0 Å². The van der Waals surface area contributed by atoms with Crippen molar-refractivity contribution in [2.24, 2.45) is 11.8 Å². The van der Waals surface area contributed by atoms with E-state index in [-0.39, 0.29) is 5.56 Å². The molecule has 0 aliphatic rings. The maximum absolute atomic E-state index is 13.0. The molecule has 0 aliphatic carbocycles. The van der Waals surface area contributed by atoms with Gasteiger partial charge in [0.25, 0.3) is 5.56 Å². The molecule has 2 heterocycles. The summed E-state index contributed by atoms with van der Waals surface area (Å²) in [4.78, 5) is 22.2. The average molecular weight is 451 g/mol. The van der Waals surface area contributed by atoms with Gasteiger partial charge in [0.15, 0.2) is 11.0 Å².